The molecule has 1 rings (SSSR count). The minimum atomic E-state index is -0.642. The first-order valence-electron chi connectivity index (χ1n) is 5.43. The molecule has 18 heavy (non-hydrogen) atoms. The third-order valence-corrected chi connectivity index (χ3v) is 3.58. The lowest BCUT2D eigenvalue weighted by molar-refractivity contribution is -0.146. The van der Waals surface area contributed by atoms with Crippen molar-refractivity contribution in [2.75, 3.05) is 6.61 Å². The highest BCUT2D eigenvalue weighted by atomic mass is 79.9. The van der Waals surface area contributed by atoms with Crippen molar-refractivity contribution in [3.05, 3.63) is 26.9 Å². The number of halogens is 1. The number of hydrogen-bond donors (Lipinski definition) is 1. The number of amides is 1. The molecule has 0 aliphatic heterocycles. The summed E-state index contributed by atoms with van der Waals surface area (Å²) in [6.07, 6.45) is 3.09. The van der Waals surface area contributed by atoms with Gasteiger partial charge < -0.3 is 10.1 Å². The van der Waals surface area contributed by atoms with Crippen LogP contribution in [-0.2, 0) is 14.3 Å². The van der Waals surface area contributed by atoms with Gasteiger partial charge in [0.1, 0.15) is 6.04 Å². The summed E-state index contributed by atoms with van der Waals surface area (Å²) in [5, 5.41) is 2.53. The molecule has 0 radical (unpaired) electrons. The van der Waals surface area contributed by atoms with Crippen molar-refractivity contribution in [2.45, 2.75) is 19.9 Å². The fraction of sp³-hybridized carbons (Fsp3) is 0.333. The van der Waals surface area contributed by atoms with Crippen molar-refractivity contribution in [2.24, 2.45) is 0 Å². The van der Waals surface area contributed by atoms with E-state index in [9.17, 15) is 9.59 Å². The third-order valence-electron chi connectivity index (χ3n) is 1.99. The Bertz CT molecular complexity index is 456. The van der Waals surface area contributed by atoms with E-state index in [1.54, 1.807) is 19.9 Å². The zero-order valence-corrected chi connectivity index (χ0v) is 12.5. The standard InChI is InChI=1S/C12H14BrNO3S/c1-3-17-12(16)8(2)14-11(15)7-5-9-4-6-10(13)18-9/h4-8H,3H2,1-2H3,(H,14,15). The van der Waals surface area contributed by atoms with Crippen molar-refractivity contribution in [1.29, 1.82) is 0 Å². The average Bonchev–Trinajstić information content (AvgIpc) is 2.73. The molecular formula is C12H14BrNO3S. The normalized spacial score (nSPS) is 12.4. The molecule has 0 aliphatic rings. The Morgan fingerprint density at radius 3 is 2.83 bits per heavy atom. The molecule has 1 unspecified atom stereocenters. The summed E-state index contributed by atoms with van der Waals surface area (Å²) in [5.41, 5.74) is 0. The van der Waals surface area contributed by atoms with Crippen molar-refractivity contribution >= 4 is 45.2 Å². The van der Waals surface area contributed by atoms with Crippen molar-refractivity contribution < 1.29 is 14.3 Å². The van der Waals surface area contributed by atoms with Gasteiger partial charge in [-0.05, 0) is 48.0 Å². The zero-order chi connectivity index (χ0) is 13.5. The predicted molar refractivity (Wildman–Crippen MR) is 75.3 cm³/mol. The Kier molecular flexibility index (Phi) is 6.07. The molecule has 0 aromatic carbocycles. The predicted octanol–water partition coefficient (Wildman–Crippen LogP) is 2.59. The topological polar surface area (TPSA) is 55.4 Å². The summed E-state index contributed by atoms with van der Waals surface area (Å²) in [5.74, 6) is -0.752. The highest BCUT2D eigenvalue weighted by molar-refractivity contribution is 9.11. The molecule has 0 fully saturated rings. The lowest BCUT2D eigenvalue weighted by Gasteiger charge is -2.10. The first-order chi connectivity index (χ1) is 8.52. The molecular weight excluding hydrogens is 318 g/mol. The molecule has 0 saturated heterocycles. The van der Waals surface area contributed by atoms with Gasteiger partial charge in [0.2, 0.25) is 5.91 Å². The van der Waals surface area contributed by atoms with E-state index < -0.39 is 12.0 Å². The summed E-state index contributed by atoms with van der Waals surface area (Å²) in [6.45, 7) is 3.62. The van der Waals surface area contributed by atoms with Crippen LogP contribution in [-0.4, -0.2) is 24.5 Å². The monoisotopic (exact) mass is 331 g/mol. The summed E-state index contributed by atoms with van der Waals surface area (Å²) in [7, 11) is 0. The van der Waals surface area contributed by atoms with E-state index >= 15 is 0 Å². The maximum absolute atomic E-state index is 11.5. The Morgan fingerprint density at radius 1 is 1.56 bits per heavy atom. The van der Waals surface area contributed by atoms with Gasteiger partial charge in [-0.2, -0.15) is 0 Å². The number of rotatable bonds is 5. The molecule has 6 heteroatoms. The minimum Gasteiger partial charge on any atom is -0.464 e. The Labute approximate surface area is 118 Å². The Hall–Kier alpha value is -1.14. The molecule has 98 valence electrons. The lowest BCUT2D eigenvalue weighted by Crippen LogP contribution is -2.38. The number of carbonyl (C=O) groups excluding carboxylic acids is 2. The van der Waals surface area contributed by atoms with Gasteiger partial charge in [0.25, 0.3) is 0 Å². The second-order valence-electron chi connectivity index (χ2n) is 3.46. The molecule has 1 aromatic heterocycles. The zero-order valence-electron chi connectivity index (χ0n) is 10.1. The highest BCUT2D eigenvalue weighted by Crippen LogP contribution is 2.22. The molecule has 1 amide bonds. The van der Waals surface area contributed by atoms with E-state index in [0.717, 1.165) is 8.66 Å². The minimum absolute atomic E-state index is 0.304. The van der Waals surface area contributed by atoms with Gasteiger partial charge >= 0.3 is 5.97 Å². The molecule has 1 aromatic rings. The fourth-order valence-electron chi connectivity index (χ4n) is 1.16. The number of esters is 1. The van der Waals surface area contributed by atoms with E-state index in [0.29, 0.717) is 6.61 Å². The number of nitrogens with one attached hydrogen (secondary N) is 1. The van der Waals surface area contributed by atoms with E-state index in [2.05, 4.69) is 21.2 Å². The van der Waals surface area contributed by atoms with Gasteiger partial charge in [-0.1, -0.05) is 0 Å². The van der Waals surface area contributed by atoms with Gasteiger partial charge in [0.05, 0.1) is 10.4 Å². The van der Waals surface area contributed by atoms with Crippen LogP contribution in [0.5, 0.6) is 0 Å². The quantitative estimate of drug-likeness (QED) is 0.666. The fourth-order valence-corrected chi connectivity index (χ4v) is 2.49. The van der Waals surface area contributed by atoms with Crippen LogP contribution in [0, 0.1) is 0 Å². The highest BCUT2D eigenvalue weighted by Gasteiger charge is 2.14. The van der Waals surface area contributed by atoms with Gasteiger partial charge in [-0.3, -0.25) is 4.79 Å². The molecule has 0 bridgehead atoms. The number of carbonyl (C=O) groups is 2. The maximum atomic E-state index is 11.5. The van der Waals surface area contributed by atoms with Crippen LogP contribution >= 0.6 is 27.3 Å². The molecule has 1 heterocycles. The van der Waals surface area contributed by atoms with Crippen molar-refractivity contribution in [3.63, 3.8) is 0 Å². The summed E-state index contributed by atoms with van der Waals surface area (Å²) in [6, 6.07) is 3.16. The van der Waals surface area contributed by atoms with E-state index in [1.807, 2.05) is 12.1 Å². The first kappa shape index (κ1) is 14.9. The van der Waals surface area contributed by atoms with Crippen LogP contribution < -0.4 is 5.32 Å². The smallest absolute Gasteiger partial charge is 0.328 e. The maximum Gasteiger partial charge on any atom is 0.328 e. The van der Waals surface area contributed by atoms with E-state index in [-0.39, 0.29) is 5.91 Å². The lowest BCUT2D eigenvalue weighted by atomic mass is 10.3. The van der Waals surface area contributed by atoms with Crippen LogP contribution in [0.25, 0.3) is 6.08 Å². The summed E-state index contributed by atoms with van der Waals surface area (Å²) < 4.78 is 5.79. The Morgan fingerprint density at radius 2 is 2.28 bits per heavy atom. The van der Waals surface area contributed by atoms with Gasteiger partial charge in [-0.15, -0.1) is 11.3 Å². The van der Waals surface area contributed by atoms with Gasteiger partial charge in [-0.25, -0.2) is 4.79 Å². The number of thiophene rings is 1. The van der Waals surface area contributed by atoms with Crippen LogP contribution in [0.4, 0.5) is 0 Å². The number of ether oxygens (including phenoxy) is 1. The molecule has 0 aliphatic carbocycles. The van der Waals surface area contributed by atoms with Crippen molar-refractivity contribution in [1.82, 2.24) is 5.32 Å². The SMILES string of the molecule is CCOC(=O)C(C)NC(=O)C=Cc1ccc(Br)s1. The molecule has 0 spiro atoms. The second kappa shape index (κ2) is 7.33. The Balaban J connectivity index is 2.46. The van der Waals surface area contributed by atoms with Gasteiger partial charge in [0.15, 0.2) is 0 Å². The molecule has 0 saturated carbocycles. The second-order valence-corrected chi connectivity index (χ2v) is 5.95. The van der Waals surface area contributed by atoms with Crippen LogP contribution in [0.15, 0.2) is 22.0 Å². The van der Waals surface area contributed by atoms with Crippen LogP contribution in [0.3, 0.4) is 0 Å². The van der Waals surface area contributed by atoms with Crippen molar-refractivity contribution in [3.8, 4) is 0 Å². The van der Waals surface area contributed by atoms with Crippen LogP contribution in [0.2, 0.25) is 0 Å². The van der Waals surface area contributed by atoms with E-state index in [1.165, 1.54) is 17.4 Å². The molecule has 1 N–H and O–H groups in total. The van der Waals surface area contributed by atoms with Crippen LogP contribution in [0.1, 0.15) is 18.7 Å². The first-order valence-corrected chi connectivity index (χ1v) is 7.04. The van der Waals surface area contributed by atoms with E-state index in [4.69, 9.17) is 4.74 Å². The largest absolute Gasteiger partial charge is 0.464 e. The number of hydrogen-bond acceptors (Lipinski definition) is 4. The van der Waals surface area contributed by atoms with Gasteiger partial charge in [0, 0.05) is 11.0 Å². The molecule has 1 atom stereocenters. The average molecular weight is 332 g/mol. The summed E-state index contributed by atoms with van der Waals surface area (Å²) in [4.78, 5) is 23.8. The third kappa shape index (κ3) is 5.01. The molecule has 4 nitrogen and oxygen atoms in total. The summed E-state index contributed by atoms with van der Waals surface area (Å²) >= 11 is 4.86.